The van der Waals surface area contributed by atoms with Gasteiger partial charge < -0.3 is 4.90 Å². The van der Waals surface area contributed by atoms with Gasteiger partial charge in [-0.2, -0.15) is 4.31 Å². The van der Waals surface area contributed by atoms with Crippen molar-refractivity contribution in [3.8, 4) is 0 Å². The van der Waals surface area contributed by atoms with Crippen molar-refractivity contribution in [2.75, 3.05) is 26.2 Å². The van der Waals surface area contributed by atoms with E-state index in [4.69, 9.17) is 0 Å². The standard InChI is InChI=1S/C17H22N2O3S/c1-15(2)14-17(20)18-9-11-19(12-10-18)23(21,22)13-8-16-6-4-3-5-7-16/h3-8,13-14H,9-12H2,1-2H3/b13-8+. The van der Waals surface area contributed by atoms with Gasteiger partial charge in [0.2, 0.25) is 15.9 Å². The molecule has 0 radical (unpaired) electrons. The Morgan fingerprint density at radius 3 is 2.22 bits per heavy atom. The van der Waals surface area contributed by atoms with Crippen molar-refractivity contribution in [1.82, 2.24) is 9.21 Å². The molecule has 0 unspecified atom stereocenters. The SMILES string of the molecule is CC(C)=CC(=O)N1CCN(S(=O)(=O)/C=C/c2ccccc2)CC1. The van der Waals surface area contributed by atoms with Crippen LogP contribution >= 0.6 is 0 Å². The molecule has 0 aliphatic carbocycles. The van der Waals surface area contributed by atoms with Crippen molar-refractivity contribution in [1.29, 1.82) is 0 Å². The largest absolute Gasteiger partial charge is 0.337 e. The Kier molecular flexibility index (Phi) is 5.74. The molecule has 1 fully saturated rings. The summed E-state index contributed by atoms with van der Waals surface area (Å²) >= 11 is 0. The summed E-state index contributed by atoms with van der Waals surface area (Å²) in [6.07, 6.45) is 3.18. The number of piperazine rings is 1. The van der Waals surface area contributed by atoms with E-state index in [0.717, 1.165) is 11.1 Å². The summed E-state index contributed by atoms with van der Waals surface area (Å²) in [4.78, 5) is 13.6. The first-order valence-corrected chi connectivity index (χ1v) is 9.06. The van der Waals surface area contributed by atoms with E-state index in [1.54, 1.807) is 17.1 Å². The van der Waals surface area contributed by atoms with Gasteiger partial charge in [0.25, 0.3) is 0 Å². The molecule has 124 valence electrons. The van der Waals surface area contributed by atoms with Crippen LogP contribution in [0.15, 0.2) is 47.4 Å². The lowest BCUT2D eigenvalue weighted by Crippen LogP contribution is -2.49. The summed E-state index contributed by atoms with van der Waals surface area (Å²) < 4.78 is 26.1. The number of hydrogen-bond acceptors (Lipinski definition) is 3. The van der Waals surface area contributed by atoms with Gasteiger partial charge in [-0.05, 0) is 25.5 Å². The highest BCUT2D eigenvalue weighted by Crippen LogP contribution is 2.12. The van der Waals surface area contributed by atoms with Crippen LogP contribution in [0.25, 0.3) is 6.08 Å². The number of sulfonamides is 1. The third kappa shape index (κ3) is 5.04. The zero-order valence-electron chi connectivity index (χ0n) is 13.5. The van der Waals surface area contributed by atoms with E-state index in [-0.39, 0.29) is 5.91 Å². The summed E-state index contributed by atoms with van der Waals surface area (Å²) in [6.45, 7) is 5.22. The maximum Gasteiger partial charge on any atom is 0.246 e. The molecule has 1 aliphatic heterocycles. The molecule has 1 aromatic carbocycles. The molecule has 23 heavy (non-hydrogen) atoms. The minimum Gasteiger partial charge on any atom is -0.337 e. The Morgan fingerprint density at radius 2 is 1.65 bits per heavy atom. The first kappa shape index (κ1) is 17.4. The van der Waals surface area contributed by atoms with Crippen molar-refractivity contribution in [3.05, 3.63) is 53.0 Å². The van der Waals surface area contributed by atoms with Gasteiger partial charge in [0.15, 0.2) is 0 Å². The molecule has 0 saturated carbocycles. The van der Waals surface area contributed by atoms with Crippen molar-refractivity contribution in [3.63, 3.8) is 0 Å². The number of carbonyl (C=O) groups is 1. The van der Waals surface area contributed by atoms with E-state index < -0.39 is 10.0 Å². The molecule has 0 N–H and O–H groups in total. The topological polar surface area (TPSA) is 57.7 Å². The number of hydrogen-bond donors (Lipinski definition) is 0. The Hall–Kier alpha value is -1.92. The summed E-state index contributed by atoms with van der Waals surface area (Å²) in [5, 5.41) is 1.23. The average molecular weight is 334 g/mol. The van der Waals surface area contributed by atoms with Crippen molar-refractivity contribution in [2.45, 2.75) is 13.8 Å². The fourth-order valence-electron chi connectivity index (χ4n) is 2.32. The first-order chi connectivity index (χ1) is 10.9. The molecule has 0 atom stereocenters. The predicted octanol–water partition coefficient (Wildman–Crippen LogP) is 2.10. The van der Waals surface area contributed by atoms with Crippen LogP contribution in [0.3, 0.4) is 0 Å². The van der Waals surface area contributed by atoms with Crippen LogP contribution in [0.2, 0.25) is 0 Å². The smallest absolute Gasteiger partial charge is 0.246 e. The van der Waals surface area contributed by atoms with E-state index in [2.05, 4.69) is 0 Å². The van der Waals surface area contributed by atoms with E-state index in [9.17, 15) is 13.2 Å². The highest BCUT2D eigenvalue weighted by Gasteiger charge is 2.26. The van der Waals surface area contributed by atoms with Gasteiger partial charge in [-0.1, -0.05) is 35.9 Å². The fourth-order valence-corrected chi connectivity index (χ4v) is 3.49. The maximum absolute atomic E-state index is 12.3. The zero-order valence-corrected chi connectivity index (χ0v) is 14.3. The van der Waals surface area contributed by atoms with Crippen LogP contribution in [0.5, 0.6) is 0 Å². The second-order valence-electron chi connectivity index (χ2n) is 5.70. The highest BCUT2D eigenvalue weighted by atomic mass is 32.2. The van der Waals surface area contributed by atoms with Gasteiger partial charge >= 0.3 is 0 Å². The second-order valence-corrected chi connectivity index (χ2v) is 7.52. The molecule has 1 aromatic rings. The third-order valence-electron chi connectivity index (χ3n) is 3.55. The number of carbonyl (C=O) groups excluding carboxylic acids is 1. The monoisotopic (exact) mass is 334 g/mol. The normalized spacial score (nSPS) is 16.5. The Bertz CT molecular complexity index is 697. The molecular weight excluding hydrogens is 312 g/mol. The lowest BCUT2D eigenvalue weighted by atomic mass is 10.2. The molecule has 1 heterocycles. The van der Waals surface area contributed by atoms with Crippen LogP contribution in [-0.2, 0) is 14.8 Å². The number of allylic oxidation sites excluding steroid dienone is 1. The van der Waals surface area contributed by atoms with Crippen LogP contribution in [0.4, 0.5) is 0 Å². The second kappa shape index (κ2) is 7.57. The molecule has 1 aliphatic rings. The van der Waals surface area contributed by atoms with Crippen LogP contribution in [0.1, 0.15) is 19.4 Å². The van der Waals surface area contributed by atoms with Crippen molar-refractivity contribution >= 4 is 22.0 Å². The van der Waals surface area contributed by atoms with Crippen LogP contribution in [0, 0.1) is 0 Å². The summed E-state index contributed by atoms with van der Waals surface area (Å²) in [5.74, 6) is -0.0538. The van der Waals surface area contributed by atoms with E-state index in [1.165, 1.54) is 9.71 Å². The molecule has 6 heteroatoms. The number of benzene rings is 1. The minimum atomic E-state index is -3.45. The van der Waals surface area contributed by atoms with Gasteiger partial charge in [-0.3, -0.25) is 4.79 Å². The van der Waals surface area contributed by atoms with Gasteiger partial charge in [-0.25, -0.2) is 8.42 Å². The van der Waals surface area contributed by atoms with Gasteiger partial charge in [0, 0.05) is 37.7 Å². The molecule has 0 bridgehead atoms. The lowest BCUT2D eigenvalue weighted by molar-refractivity contribution is -0.127. The zero-order chi connectivity index (χ0) is 16.9. The average Bonchev–Trinajstić information content (AvgIpc) is 2.53. The molecule has 1 amide bonds. The molecule has 2 rings (SSSR count). The predicted molar refractivity (Wildman–Crippen MR) is 92.0 cm³/mol. The van der Waals surface area contributed by atoms with Crippen molar-refractivity contribution < 1.29 is 13.2 Å². The molecule has 0 aromatic heterocycles. The van der Waals surface area contributed by atoms with Crippen molar-refractivity contribution in [2.24, 2.45) is 0 Å². The van der Waals surface area contributed by atoms with E-state index in [0.29, 0.717) is 26.2 Å². The Balaban J connectivity index is 1.97. The third-order valence-corrected chi connectivity index (χ3v) is 5.12. The molecule has 1 saturated heterocycles. The quantitative estimate of drug-likeness (QED) is 0.792. The summed E-state index contributed by atoms with van der Waals surface area (Å²) in [6, 6.07) is 9.30. The summed E-state index contributed by atoms with van der Waals surface area (Å²) in [7, 11) is -3.45. The molecule has 5 nitrogen and oxygen atoms in total. The maximum atomic E-state index is 12.3. The Morgan fingerprint density at radius 1 is 1.04 bits per heavy atom. The number of nitrogens with zero attached hydrogens (tertiary/aromatic N) is 2. The minimum absolute atomic E-state index is 0.0538. The number of amides is 1. The Labute approximate surface area is 138 Å². The van der Waals surface area contributed by atoms with E-state index >= 15 is 0 Å². The van der Waals surface area contributed by atoms with E-state index in [1.807, 2.05) is 44.2 Å². The highest BCUT2D eigenvalue weighted by molar-refractivity contribution is 7.92. The lowest BCUT2D eigenvalue weighted by Gasteiger charge is -2.32. The van der Waals surface area contributed by atoms with Crippen LogP contribution in [-0.4, -0.2) is 49.7 Å². The van der Waals surface area contributed by atoms with Gasteiger partial charge in [0.1, 0.15) is 0 Å². The number of rotatable bonds is 4. The summed E-state index contributed by atoms with van der Waals surface area (Å²) in [5.41, 5.74) is 1.78. The fraction of sp³-hybridized carbons (Fsp3) is 0.353. The van der Waals surface area contributed by atoms with Gasteiger partial charge in [0.05, 0.1) is 0 Å². The van der Waals surface area contributed by atoms with Gasteiger partial charge in [-0.15, -0.1) is 0 Å². The molecule has 0 spiro atoms. The molecular formula is C17H22N2O3S. The first-order valence-electron chi connectivity index (χ1n) is 7.55. The van der Waals surface area contributed by atoms with Crippen LogP contribution < -0.4 is 0 Å².